The van der Waals surface area contributed by atoms with E-state index in [1.54, 1.807) is 0 Å². The highest BCUT2D eigenvalue weighted by Gasteiger charge is 2.27. The minimum atomic E-state index is 0.692. The van der Waals surface area contributed by atoms with Gasteiger partial charge >= 0.3 is 0 Å². The Bertz CT molecular complexity index is 3160. The van der Waals surface area contributed by atoms with Crippen LogP contribution in [0.4, 0.5) is 17.1 Å². The van der Waals surface area contributed by atoms with Gasteiger partial charge in [0, 0.05) is 28.4 Å². The predicted molar refractivity (Wildman–Crippen MR) is 236 cm³/mol. The highest BCUT2D eigenvalue weighted by molar-refractivity contribution is 6.26. The number of pyridine rings is 1. The molecule has 0 unspecified atom stereocenters. The maximum atomic E-state index is 4.89. The lowest BCUT2D eigenvalue weighted by atomic mass is 9.87. The summed E-state index contributed by atoms with van der Waals surface area (Å²) in [6.07, 6.45) is 7.56. The lowest BCUT2D eigenvalue weighted by Crippen LogP contribution is -2.28. The molecular formula is C52H39N3. The molecule has 55 heavy (non-hydrogen) atoms. The number of aromatic nitrogens is 1. The van der Waals surface area contributed by atoms with Crippen LogP contribution in [0.2, 0.25) is 0 Å². The zero-order valence-electron chi connectivity index (χ0n) is 31.1. The molecule has 3 nitrogen and oxygen atoms in total. The lowest BCUT2D eigenvalue weighted by molar-refractivity contribution is 0.966. The molecule has 2 heterocycles. The first kappa shape index (κ1) is 32.8. The van der Waals surface area contributed by atoms with E-state index in [-0.39, 0.29) is 0 Å². The molecule has 9 aromatic rings. The molecule has 0 bridgehead atoms. The summed E-state index contributed by atoms with van der Waals surface area (Å²) >= 11 is 0. The molecule has 0 amide bonds. The van der Waals surface area contributed by atoms with Gasteiger partial charge in [-0.1, -0.05) is 122 Å². The first-order chi connectivity index (χ1) is 27.2. The minimum absolute atomic E-state index is 0.692. The Balaban J connectivity index is 1.19. The van der Waals surface area contributed by atoms with Crippen molar-refractivity contribution in [1.29, 1.82) is 0 Å². The summed E-state index contributed by atoms with van der Waals surface area (Å²) in [6.45, 7) is 9.01. The number of para-hydroxylation sites is 2. The Kier molecular flexibility index (Phi) is 7.88. The van der Waals surface area contributed by atoms with Gasteiger partial charge in [-0.15, -0.1) is 0 Å². The summed E-state index contributed by atoms with van der Waals surface area (Å²) in [4.78, 5) is 11.7. The van der Waals surface area contributed by atoms with Crippen LogP contribution in [-0.4, -0.2) is 11.7 Å². The molecule has 0 aliphatic carbocycles. The van der Waals surface area contributed by atoms with Crippen LogP contribution in [0.25, 0.3) is 88.8 Å². The van der Waals surface area contributed by atoms with Gasteiger partial charge in [-0.2, -0.15) is 0 Å². The van der Waals surface area contributed by atoms with Crippen LogP contribution < -0.4 is 15.3 Å². The summed E-state index contributed by atoms with van der Waals surface area (Å²) in [7, 11) is 0. The first-order valence-electron chi connectivity index (χ1n) is 19.1. The smallest absolute Gasteiger partial charge is 0.0859 e. The van der Waals surface area contributed by atoms with E-state index >= 15 is 0 Å². The van der Waals surface area contributed by atoms with E-state index in [2.05, 4.69) is 170 Å². The predicted octanol–water partition coefficient (Wildman–Crippen LogP) is 12.7. The summed E-state index contributed by atoms with van der Waals surface area (Å²) in [6, 6.07) is 53.1. The van der Waals surface area contributed by atoms with Crippen molar-refractivity contribution in [2.75, 3.05) is 4.90 Å². The number of hydrogen-bond acceptors (Lipinski definition) is 3. The molecule has 0 radical (unpaired) electrons. The second kappa shape index (κ2) is 13.2. The van der Waals surface area contributed by atoms with Crippen LogP contribution >= 0.6 is 0 Å². The zero-order valence-corrected chi connectivity index (χ0v) is 31.1. The largest absolute Gasteiger partial charge is 0.335 e. The average Bonchev–Trinajstić information content (AvgIpc) is 3.25. The fraction of sp³-hybridized carbons (Fsp3) is 0.0769. The van der Waals surface area contributed by atoms with Gasteiger partial charge in [-0.3, -0.25) is 9.98 Å². The second-order valence-corrected chi connectivity index (χ2v) is 14.4. The highest BCUT2D eigenvalue weighted by atomic mass is 15.2. The van der Waals surface area contributed by atoms with Crippen molar-refractivity contribution >= 4 is 79.2 Å². The van der Waals surface area contributed by atoms with E-state index in [1.807, 2.05) is 24.4 Å². The van der Waals surface area contributed by atoms with Crippen molar-refractivity contribution < 1.29 is 0 Å². The molecule has 3 heteroatoms. The molecule has 0 N–H and O–H groups in total. The van der Waals surface area contributed by atoms with Gasteiger partial charge in [0.05, 0.1) is 23.4 Å². The molecule has 10 rings (SSSR count). The number of benzene rings is 8. The van der Waals surface area contributed by atoms with Crippen LogP contribution in [0, 0.1) is 0 Å². The Morgan fingerprint density at radius 3 is 2.15 bits per heavy atom. The van der Waals surface area contributed by atoms with Gasteiger partial charge in [0.2, 0.25) is 0 Å². The molecule has 1 aromatic heterocycles. The number of aliphatic imine (C=N–C) groups is 1. The van der Waals surface area contributed by atoms with Crippen molar-refractivity contribution in [2.45, 2.75) is 26.8 Å². The van der Waals surface area contributed by atoms with E-state index in [4.69, 9.17) is 4.98 Å². The van der Waals surface area contributed by atoms with Crippen molar-refractivity contribution in [1.82, 2.24) is 4.98 Å². The van der Waals surface area contributed by atoms with Gasteiger partial charge in [-0.25, -0.2) is 0 Å². The summed E-state index contributed by atoms with van der Waals surface area (Å²) in [5, 5.41) is 11.5. The quantitative estimate of drug-likeness (QED) is 0.132. The van der Waals surface area contributed by atoms with Crippen LogP contribution in [-0.2, 0) is 6.54 Å². The van der Waals surface area contributed by atoms with Crippen molar-refractivity contribution in [3.05, 3.63) is 168 Å². The lowest BCUT2D eigenvalue weighted by Gasteiger charge is -2.34. The molecule has 0 atom stereocenters. The van der Waals surface area contributed by atoms with Gasteiger partial charge in [-0.05, 0) is 133 Å². The SMILES string of the molecule is C=Nc1ccccc1N1Cc2c(ccc3cccnc23)-c2cc(-c3cccc(-c4cc5c6ccccc6c6ccccc6c5c(=C/CC)/c4=C\C)c3)ccc21. The molecule has 0 spiro atoms. The van der Waals surface area contributed by atoms with Crippen LogP contribution in [0.15, 0.2) is 157 Å². The molecule has 1 aliphatic heterocycles. The molecule has 0 fully saturated rings. The standard InChI is InChI=1S/C52H39N3/c1-4-14-42-37(5-2)44(31-46-40-20-7-6-18-38(40)39-19-8-9-21-43(39)51(42)46)36-16-12-15-34(29-36)35-25-27-49-45(30-35)41-26-24-33-17-13-28-54-52(33)47(41)32-55(49)50-23-11-10-22-48(50)53-3/h5-31H,3-4,32H2,1-2H3/b37-5+,42-14+. The normalized spacial score (nSPS) is 13.2. The topological polar surface area (TPSA) is 28.5 Å². The second-order valence-electron chi connectivity index (χ2n) is 14.4. The Morgan fingerprint density at radius 1 is 0.618 bits per heavy atom. The fourth-order valence-electron chi connectivity index (χ4n) is 9.01. The molecule has 8 aromatic carbocycles. The van der Waals surface area contributed by atoms with Crippen molar-refractivity contribution in [3.8, 4) is 33.4 Å². The maximum absolute atomic E-state index is 4.89. The van der Waals surface area contributed by atoms with E-state index in [1.165, 1.54) is 81.7 Å². The molecule has 0 saturated carbocycles. The highest BCUT2D eigenvalue weighted by Crippen LogP contribution is 2.48. The van der Waals surface area contributed by atoms with E-state index in [0.29, 0.717) is 6.54 Å². The van der Waals surface area contributed by atoms with Crippen molar-refractivity contribution in [2.24, 2.45) is 4.99 Å². The summed E-state index contributed by atoms with van der Waals surface area (Å²) < 4.78 is 0. The van der Waals surface area contributed by atoms with Gasteiger partial charge < -0.3 is 4.90 Å². The number of nitrogens with zero attached hydrogens (tertiary/aromatic N) is 3. The van der Waals surface area contributed by atoms with E-state index < -0.39 is 0 Å². The minimum Gasteiger partial charge on any atom is -0.335 e. The first-order valence-corrected chi connectivity index (χ1v) is 19.1. The van der Waals surface area contributed by atoms with Gasteiger partial charge in [0.1, 0.15) is 0 Å². The Hall–Kier alpha value is -6.84. The van der Waals surface area contributed by atoms with Crippen molar-refractivity contribution in [3.63, 3.8) is 0 Å². The fourth-order valence-corrected chi connectivity index (χ4v) is 9.01. The number of hydrogen-bond donors (Lipinski definition) is 0. The van der Waals surface area contributed by atoms with Gasteiger partial charge in [0.25, 0.3) is 0 Å². The average molecular weight is 706 g/mol. The summed E-state index contributed by atoms with van der Waals surface area (Å²) in [5.41, 5.74) is 12.5. The molecule has 262 valence electrons. The van der Waals surface area contributed by atoms with E-state index in [0.717, 1.165) is 34.4 Å². The molecule has 1 aliphatic rings. The third-order valence-corrected chi connectivity index (χ3v) is 11.4. The van der Waals surface area contributed by atoms with Crippen LogP contribution in [0.5, 0.6) is 0 Å². The van der Waals surface area contributed by atoms with Gasteiger partial charge in [0.15, 0.2) is 0 Å². The Morgan fingerprint density at radius 2 is 1.35 bits per heavy atom. The number of rotatable bonds is 5. The third kappa shape index (κ3) is 5.19. The molecular weight excluding hydrogens is 667 g/mol. The number of fused-ring (bicyclic) bond motifs is 11. The Labute approximate surface area is 320 Å². The third-order valence-electron chi connectivity index (χ3n) is 11.4. The molecule has 0 saturated heterocycles. The maximum Gasteiger partial charge on any atom is 0.0859 e. The summed E-state index contributed by atoms with van der Waals surface area (Å²) in [5.74, 6) is 0. The van der Waals surface area contributed by atoms with Crippen LogP contribution in [0.3, 0.4) is 0 Å². The van der Waals surface area contributed by atoms with Crippen LogP contribution in [0.1, 0.15) is 25.8 Å². The number of anilines is 2. The zero-order chi connectivity index (χ0) is 37.0. The van der Waals surface area contributed by atoms with E-state index in [9.17, 15) is 0 Å². The monoisotopic (exact) mass is 705 g/mol.